The molecule has 0 radical (unpaired) electrons. The van der Waals surface area contributed by atoms with Gasteiger partial charge in [-0.1, -0.05) is 18.2 Å². The third-order valence-electron chi connectivity index (χ3n) is 2.25. The minimum absolute atomic E-state index is 0.408. The van der Waals surface area contributed by atoms with Gasteiger partial charge in [0.1, 0.15) is 0 Å². The van der Waals surface area contributed by atoms with Crippen LogP contribution in [0.15, 0.2) is 24.3 Å². The number of rotatable bonds is 6. The van der Waals surface area contributed by atoms with Crippen molar-refractivity contribution in [2.75, 3.05) is 23.9 Å². The van der Waals surface area contributed by atoms with Gasteiger partial charge in [0.2, 0.25) is 0 Å². The van der Waals surface area contributed by atoms with Crippen LogP contribution < -0.4 is 5.32 Å². The predicted molar refractivity (Wildman–Crippen MR) is 68.6 cm³/mol. The molecule has 0 amide bonds. The average Bonchev–Trinajstić information content (AvgIpc) is 2.25. The van der Waals surface area contributed by atoms with E-state index in [9.17, 15) is 5.11 Å². The molecule has 15 heavy (non-hydrogen) atoms. The number of hydrogen-bond acceptors (Lipinski definition) is 3. The number of para-hydroxylation sites is 1. The lowest BCUT2D eigenvalue weighted by molar-refractivity contribution is 0.200. The van der Waals surface area contributed by atoms with Crippen LogP contribution in [0.1, 0.15) is 25.0 Å². The van der Waals surface area contributed by atoms with Crippen LogP contribution in [0.3, 0.4) is 0 Å². The Kier molecular flexibility index (Phi) is 5.58. The Morgan fingerprint density at radius 2 is 2.13 bits per heavy atom. The van der Waals surface area contributed by atoms with Crippen molar-refractivity contribution in [2.24, 2.45) is 0 Å². The first-order valence-corrected chi connectivity index (χ1v) is 6.65. The largest absolute Gasteiger partial charge is 0.389 e. The molecular formula is C12H19NOS. The molecule has 0 saturated carbocycles. The molecule has 84 valence electrons. The van der Waals surface area contributed by atoms with Gasteiger partial charge in [0, 0.05) is 17.8 Å². The first-order valence-electron chi connectivity index (χ1n) is 5.25. The van der Waals surface area contributed by atoms with Gasteiger partial charge in [0.15, 0.2) is 0 Å². The number of benzene rings is 1. The fourth-order valence-corrected chi connectivity index (χ4v) is 1.89. The molecule has 2 N–H and O–H groups in total. The SMILES string of the molecule is CSCCCNc1ccccc1C(C)O. The van der Waals surface area contributed by atoms with Crippen molar-refractivity contribution in [3.8, 4) is 0 Å². The normalized spacial score (nSPS) is 12.5. The zero-order valence-electron chi connectivity index (χ0n) is 9.36. The second-order valence-corrected chi connectivity index (χ2v) is 4.52. The molecule has 1 aromatic rings. The van der Waals surface area contributed by atoms with E-state index in [2.05, 4.69) is 11.6 Å². The summed E-state index contributed by atoms with van der Waals surface area (Å²) in [6, 6.07) is 7.92. The summed E-state index contributed by atoms with van der Waals surface area (Å²) in [5.74, 6) is 1.17. The summed E-state index contributed by atoms with van der Waals surface area (Å²) in [4.78, 5) is 0. The first kappa shape index (κ1) is 12.4. The molecule has 0 aliphatic heterocycles. The number of thioether (sulfide) groups is 1. The molecular weight excluding hydrogens is 206 g/mol. The summed E-state index contributed by atoms with van der Waals surface area (Å²) in [6.45, 7) is 2.76. The van der Waals surface area contributed by atoms with Crippen molar-refractivity contribution in [3.63, 3.8) is 0 Å². The van der Waals surface area contributed by atoms with E-state index >= 15 is 0 Å². The topological polar surface area (TPSA) is 32.3 Å². The van der Waals surface area contributed by atoms with Gasteiger partial charge in [-0.15, -0.1) is 0 Å². The summed E-state index contributed by atoms with van der Waals surface area (Å²) >= 11 is 1.86. The third-order valence-corrected chi connectivity index (χ3v) is 2.95. The van der Waals surface area contributed by atoms with Gasteiger partial charge >= 0.3 is 0 Å². The fraction of sp³-hybridized carbons (Fsp3) is 0.500. The van der Waals surface area contributed by atoms with E-state index < -0.39 is 6.10 Å². The van der Waals surface area contributed by atoms with Crippen molar-refractivity contribution < 1.29 is 5.11 Å². The molecule has 0 fully saturated rings. The van der Waals surface area contributed by atoms with Crippen LogP contribution in [0.5, 0.6) is 0 Å². The van der Waals surface area contributed by atoms with Gasteiger partial charge in [0.25, 0.3) is 0 Å². The van der Waals surface area contributed by atoms with Crippen molar-refractivity contribution in [3.05, 3.63) is 29.8 Å². The van der Waals surface area contributed by atoms with Crippen LogP contribution in [0.4, 0.5) is 5.69 Å². The zero-order chi connectivity index (χ0) is 11.1. The van der Waals surface area contributed by atoms with Crippen molar-refractivity contribution in [2.45, 2.75) is 19.4 Å². The molecule has 0 spiro atoms. The number of aliphatic hydroxyl groups excluding tert-OH is 1. The minimum Gasteiger partial charge on any atom is -0.389 e. The Balaban J connectivity index is 2.52. The maximum Gasteiger partial charge on any atom is 0.0781 e. The standard InChI is InChI=1S/C12H19NOS/c1-10(14)11-6-3-4-7-12(11)13-8-5-9-15-2/h3-4,6-7,10,13-14H,5,8-9H2,1-2H3. The molecule has 0 aliphatic carbocycles. The Hall–Kier alpha value is -0.670. The molecule has 3 heteroatoms. The average molecular weight is 225 g/mol. The van der Waals surface area contributed by atoms with Crippen LogP contribution >= 0.6 is 11.8 Å². The minimum atomic E-state index is -0.408. The molecule has 0 aromatic heterocycles. The second kappa shape index (κ2) is 6.75. The van der Waals surface area contributed by atoms with Gasteiger partial charge < -0.3 is 10.4 Å². The van der Waals surface area contributed by atoms with E-state index in [4.69, 9.17) is 0 Å². The quantitative estimate of drug-likeness (QED) is 0.730. The van der Waals surface area contributed by atoms with Crippen molar-refractivity contribution >= 4 is 17.4 Å². The molecule has 0 saturated heterocycles. The highest BCUT2D eigenvalue weighted by molar-refractivity contribution is 7.98. The lowest BCUT2D eigenvalue weighted by atomic mass is 10.1. The van der Waals surface area contributed by atoms with E-state index in [0.29, 0.717) is 0 Å². The smallest absolute Gasteiger partial charge is 0.0781 e. The monoisotopic (exact) mass is 225 g/mol. The molecule has 0 heterocycles. The second-order valence-electron chi connectivity index (χ2n) is 3.54. The maximum atomic E-state index is 9.56. The molecule has 1 atom stereocenters. The molecule has 2 nitrogen and oxygen atoms in total. The molecule has 0 bridgehead atoms. The van der Waals surface area contributed by atoms with Crippen LogP contribution in [-0.4, -0.2) is 23.7 Å². The van der Waals surface area contributed by atoms with E-state index in [0.717, 1.165) is 24.2 Å². The number of anilines is 1. The van der Waals surface area contributed by atoms with Gasteiger partial charge in [-0.3, -0.25) is 0 Å². The van der Waals surface area contributed by atoms with E-state index in [1.807, 2.05) is 36.0 Å². The van der Waals surface area contributed by atoms with Crippen molar-refractivity contribution in [1.29, 1.82) is 0 Å². The summed E-state index contributed by atoms with van der Waals surface area (Å²) in [5.41, 5.74) is 2.02. The lowest BCUT2D eigenvalue weighted by Gasteiger charge is -2.13. The summed E-state index contributed by atoms with van der Waals surface area (Å²) < 4.78 is 0. The van der Waals surface area contributed by atoms with Crippen LogP contribution in [0.2, 0.25) is 0 Å². The Bertz CT molecular complexity index is 289. The highest BCUT2D eigenvalue weighted by Crippen LogP contribution is 2.21. The summed E-state index contributed by atoms with van der Waals surface area (Å²) in [5, 5.41) is 12.9. The Morgan fingerprint density at radius 3 is 2.80 bits per heavy atom. The van der Waals surface area contributed by atoms with Gasteiger partial charge in [-0.05, 0) is 31.4 Å². The predicted octanol–water partition coefficient (Wildman–Crippen LogP) is 2.90. The highest BCUT2D eigenvalue weighted by Gasteiger charge is 2.05. The Morgan fingerprint density at radius 1 is 1.40 bits per heavy atom. The molecule has 0 aliphatic rings. The third kappa shape index (κ3) is 4.14. The lowest BCUT2D eigenvalue weighted by Crippen LogP contribution is -2.06. The highest BCUT2D eigenvalue weighted by atomic mass is 32.2. The molecule has 1 unspecified atom stereocenters. The summed E-state index contributed by atoms with van der Waals surface area (Å²) in [7, 11) is 0. The van der Waals surface area contributed by atoms with Crippen molar-refractivity contribution in [1.82, 2.24) is 0 Å². The number of nitrogens with one attached hydrogen (secondary N) is 1. The van der Waals surface area contributed by atoms with Crippen LogP contribution in [-0.2, 0) is 0 Å². The van der Waals surface area contributed by atoms with E-state index in [1.165, 1.54) is 5.75 Å². The molecule has 1 aromatic carbocycles. The number of aliphatic hydroxyl groups is 1. The Labute approximate surface area is 96.1 Å². The van der Waals surface area contributed by atoms with Gasteiger partial charge in [-0.2, -0.15) is 11.8 Å². The molecule has 1 rings (SSSR count). The van der Waals surface area contributed by atoms with E-state index in [1.54, 1.807) is 6.92 Å². The van der Waals surface area contributed by atoms with Gasteiger partial charge in [0.05, 0.1) is 6.10 Å². The summed E-state index contributed by atoms with van der Waals surface area (Å²) in [6.07, 6.45) is 2.85. The maximum absolute atomic E-state index is 9.56. The van der Waals surface area contributed by atoms with Crippen LogP contribution in [0, 0.1) is 0 Å². The van der Waals surface area contributed by atoms with Gasteiger partial charge in [-0.25, -0.2) is 0 Å². The van der Waals surface area contributed by atoms with E-state index in [-0.39, 0.29) is 0 Å². The van der Waals surface area contributed by atoms with Crippen LogP contribution in [0.25, 0.3) is 0 Å². The number of hydrogen-bond donors (Lipinski definition) is 2. The zero-order valence-corrected chi connectivity index (χ0v) is 10.2. The fourth-order valence-electron chi connectivity index (χ4n) is 1.46. The first-order chi connectivity index (χ1) is 7.25.